The van der Waals surface area contributed by atoms with Gasteiger partial charge in [0, 0.05) is 24.4 Å². The number of fused-ring (bicyclic) bond motifs is 1. The molecule has 0 fully saturated rings. The molecule has 0 saturated carbocycles. The summed E-state index contributed by atoms with van der Waals surface area (Å²) >= 11 is 7.07. The Balaban J connectivity index is 1.82. The predicted molar refractivity (Wildman–Crippen MR) is 76.9 cm³/mol. The lowest BCUT2D eigenvalue weighted by atomic mass is 10.2. The molecule has 2 aromatic rings. The van der Waals surface area contributed by atoms with Gasteiger partial charge in [0.1, 0.15) is 0 Å². The molecule has 2 N–H and O–H groups in total. The maximum atomic E-state index is 13.8. The van der Waals surface area contributed by atoms with Crippen molar-refractivity contribution in [1.29, 1.82) is 0 Å². The number of anilines is 1. The summed E-state index contributed by atoms with van der Waals surface area (Å²) in [6.45, 7) is 1.64. The number of nitrogens with one attached hydrogen (secondary N) is 2. The Kier molecular flexibility index (Phi) is 3.69. The third-order valence-corrected chi connectivity index (χ3v) is 4.32. The van der Waals surface area contributed by atoms with Gasteiger partial charge in [0.25, 0.3) is 5.91 Å². The number of thiazole rings is 1. The van der Waals surface area contributed by atoms with Crippen molar-refractivity contribution in [1.82, 2.24) is 10.3 Å². The maximum Gasteiger partial charge on any atom is 0.260 e. The monoisotopic (exact) mass is 311 g/mol. The average Bonchev–Trinajstić information content (AvgIpc) is 2.83. The Morgan fingerprint density at radius 2 is 2.35 bits per heavy atom. The van der Waals surface area contributed by atoms with E-state index >= 15 is 0 Å². The van der Waals surface area contributed by atoms with Crippen LogP contribution in [0.15, 0.2) is 18.2 Å². The number of hydrogen-bond acceptors (Lipinski definition) is 4. The molecule has 20 heavy (non-hydrogen) atoms. The van der Waals surface area contributed by atoms with E-state index in [9.17, 15) is 9.18 Å². The second-order valence-corrected chi connectivity index (χ2v) is 5.86. The van der Waals surface area contributed by atoms with Gasteiger partial charge in [-0.1, -0.05) is 17.7 Å². The van der Waals surface area contributed by atoms with E-state index in [0.29, 0.717) is 5.13 Å². The second-order valence-electron chi connectivity index (χ2n) is 4.37. The molecule has 0 spiro atoms. The van der Waals surface area contributed by atoms with Crippen LogP contribution in [0.1, 0.15) is 20.9 Å². The highest BCUT2D eigenvalue weighted by Crippen LogP contribution is 2.26. The molecule has 104 valence electrons. The first-order chi connectivity index (χ1) is 9.65. The molecular weight excluding hydrogens is 301 g/mol. The summed E-state index contributed by atoms with van der Waals surface area (Å²) < 4.78 is 13.8. The number of aromatic nitrogens is 1. The molecule has 1 amide bonds. The number of hydrogen-bond donors (Lipinski definition) is 2. The number of nitrogens with zero attached hydrogens (tertiary/aromatic N) is 1. The Morgan fingerprint density at radius 1 is 1.50 bits per heavy atom. The average molecular weight is 312 g/mol. The molecule has 2 heterocycles. The summed E-state index contributed by atoms with van der Waals surface area (Å²) in [5.41, 5.74) is 0.916. The molecule has 3 rings (SSSR count). The minimum atomic E-state index is -0.713. The Labute approximate surface area is 124 Å². The standard InChI is InChI=1S/C13H11ClFN3OS/c14-8-3-1-2-7(11(8)15)12(19)18-13-17-9-4-5-16-6-10(9)20-13/h1-3,16H,4-6H2,(H,17,18,19). The zero-order valence-electron chi connectivity index (χ0n) is 10.4. The molecule has 0 saturated heterocycles. The molecule has 1 aliphatic rings. The van der Waals surface area contributed by atoms with Gasteiger partial charge < -0.3 is 5.32 Å². The van der Waals surface area contributed by atoms with Gasteiger partial charge in [-0.15, -0.1) is 11.3 Å². The predicted octanol–water partition coefficient (Wildman–Crippen LogP) is 2.83. The summed E-state index contributed by atoms with van der Waals surface area (Å²) in [5.74, 6) is -1.25. The number of benzene rings is 1. The van der Waals surface area contributed by atoms with E-state index in [1.165, 1.54) is 29.5 Å². The lowest BCUT2D eigenvalue weighted by molar-refractivity contribution is 0.102. The van der Waals surface area contributed by atoms with Crippen molar-refractivity contribution in [2.45, 2.75) is 13.0 Å². The molecule has 0 bridgehead atoms. The lowest BCUT2D eigenvalue weighted by Crippen LogP contribution is -2.22. The topological polar surface area (TPSA) is 54.0 Å². The van der Waals surface area contributed by atoms with Crippen molar-refractivity contribution in [3.05, 3.63) is 45.2 Å². The van der Waals surface area contributed by atoms with Crippen LogP contribution in [-0.2, 0) is 13.0 Å². The summed E-state index contributed by atoms with van der Waals surface area (Å²) in [5, 5.41) is 6.28. The quantitative estimate of drug-likeness (QED) is 0.896. The van der Waals surface area contributed by atoms with Crippen LogP contribution < -0.4 is 10.6 Å². The molecule has 1 aromatic heterocycles. The summed E-state index contributed by atoms with van der Waals surface area (Å²) in [6, 6.07) is 4.34. The number of amides is 1. The van der Waals surface area contributed by atoms with Gasteiger partial charge in [0.05, 0.1) is 16.3 Å². The fourth-order valence-corrected chi connectivity index (χ4v) is 3.17. The second kappa shape index (κ2) is 5.47. The van der Waals surface area contributed by atoms with Crippen LogP contribution in [0.5, 0.6) is 0 Å². The number of carbonyl (C=O) groups is 1. The van der Waals surface area contributed by atoms with Crippen LogP contribution >= 0.6 is 22.9 Å². The highest BCUT2D eigenvalue weighted by molar-refractivity contribution is 7.15. The Hall–Kier alpha value is -1.50. The van der Waals surface area contributed by atoms with E-state index in [1.54, 1.807) is 0 Å². The first-order valence-electron chi connectivity index (χ1n) is 6.10. The maximum absolute atomic E-state index is 13.8. The van der Waals surface area contributed by atoms with E-state index < -0.39 is 11.7 Å². The molecule has 0 atom stereocenters. The third-order valence-electron chi connectivity index (χ3n) is 3.02. The summed E-state index contributed by atoms with van der Waals surface area (Å²) in [7, 11) is 0. The van der Waals surface area contributed by atoms with Crippen molar-refractivity contribution in [3.63, 3.8) is 0 Å². The molecule has 0 aliphatic carbocycles. The largest absolute Gasteiger partial charge is 0.311 e. The first-order valence-corrected chi connectivity index (χ1v) is 7.29. The zero-order chi connectivity index (χ0) is 14.1. The molecule has 0 unspecified atom stereocenters. The third kappa shape index (κ3) is 2.54. The van der Waals surface area contributed by atoms with Crippen molar-refractivity contribution < 1.29 is 9.18 Å². The Bertz CT molecular complexity index is 650. The van der Waals surface area contributed by atoms with E-state index in [-0.39, 0.29) is 10.6 Å². The molecule has 7 heteroatoms. The van der Waals surface area contributed by atoms with E-state index in [4.69, 9.17) is 11.6 Å². The van der Waals surface area contributed by atoms with E-state index in [1.807, 2.05) is 0 Å². The molecule has 1 aromatic carbocycles. The fourth-order valence-electron chi connectivity index (χ4n) is 2.02. The molecule has 4 nitrogen and oxygen atoms in total. The fraction of sp³-hybridized carbons (Fsp3) is 0.231. The van der Waals surface area contributed by atoms with Gasteiger partial charge in [0.2, 0.25) is 0 Å². The summed E-state index contributed by atoms with van der Waals surface area (Å²) in [6.07, 6.45) is 0.841. The van der Waals surface area contributed by atoms with Gasteiger partial charge in [-0.05, 0) is 12.1 Å². The van der Waals surface area contributed by atoms with Crippen LogP contribution in [0, 0.1) is 5.82 Å². The van der Waals surface area contributed by atoms with Crippen LogP contribution in [0.4, 0.5) is 9.52 Å². The molecular formula is C13H11ClFN3OS. The SMILES string of the molecule is O=C(Nc1nc2c(s1)CNCC2)c1cccc(Cl)c1F. The van der Waals surface area contributed by atoms with Crippen LogP contribution in [0.2, 0.25) is 5.02 Å². The van der Waals surface area contributed by atoms with Crippen LogP contribution in [-0.4, -0.2) is 17.4 Å². The first kappa shape index (κ1) is 13.5. The van der Waals surface area contributed by atoms with Crippen molar-refractivity contribution in [2.24, 2.45) is 0 Å². The summed E-state index contributed by atoms with van der Waals surface area (Å²) in [4.78, 5) is 17.5. The van der Waals surface area contributed by atoms with Crippen molar-refractivity contribution in [2.75, 3.05) is 11.9 Å². The number of rotatable bonds is 2. The van der Waals surface area contributed by atoms with Gasteiger partial charge in [-0.3, -0.25) is 10.1 Å². The van der Waals surface area contributed by atoms with Gasteiger partial charge in [-0.2, -0.15) is 0 Å². The number of carbonyl (C=O) groups excluding carboxylic acids is 1. The Morgan fingerprint density at radius 3 is 3.15 bits per heavy atom. The number of halogens is 2. The minimum Gasteiger partial charge on any atom is -0.311 e. The van der Waals surface area contributed by atoms with Gasteiger partial charge >= 0.3 is 0 Å². The van der Waals surface area contributed by atoms with Gasteiger partial charge in [0.15, 0.2) is 10.9 Å². The lowest BCUT2D eigenvalue weighted by Gasteiger charge is -2.09. The van der Waals surface area contributed by atoms with Gasteiger partial charge in [-0.25, -0.2) is 9.37 Å². The smallest absolute Gasteiger partial charge is 0.260 e. The highest BCUT2D eigenvalue weighted by atomic mass is 35.5. The molecule has 1 aliphatic heterocycles. The normalized spacial score (nSPS) is 13.9. The molecule has 0 radical (unpaired) electrons. The van der Waals surface area contributed by atoms with Crippen molar-refractivity contribution >= 4 is 34.0 Å². The van der Waals surface area contributed by atoms with E-state index in [0.717, 1.165) is 30.1 Å². The minimum absolute atomic E-state index is 0.0692. The van der Waals surface area contributed by atoms with Crippen LogP contribution in [0.3, 0.4) is 0 Å². The van der Waals surface area contributed by atoms with Crippen LogP contribution in [0.25, 0.3) is 0 Å². The van der Waals surface area contributed by atoms with E-state index in [2.05, 4.69) is 15.6 Å². The zero-order valence-corrected chi connectivity index (χ0v) is 11.9. The van der Waals surface area contributed by atoms with Crippen molar-refractivity contribution in [3.8, 4) is 0 Å². The highest BCUT2D eigenvalue weighted by Gasteiger charge is 2.18.